The summed E-state index contributed by atoms with van der Waals surface area (Å²) in [7, 11) is 0. The normalized spacial score (nSPS) is 12.2. The van der Waals surface area contributed by atoms with Crippen LogP contribution in [0.1, 0.15) is 0 Å². The molecule has 0 radical (unpaired) electrons. The molecule has 12 aromatic rings. The minimum absolute atomic E-state index is 1.14. The maximum absolute atomic E-state index is 2.50. The van der Waals surface area contributed by atoms with Crippen molar-refractivity contribution >= 4 is 96.9 Å². The summed E-state index contributed by atoms with van der Waals surface area (Å²) in [6.07, 6.45) is 0. The van der Waals surface area contributed by atoms with E-state index >= 15 is 0 Å². The summed E-state index contributed by atoms with van der Waals surface area (Å²) in [4.78, 5) is 0. The van der Waals surface area contributed by atoms with Gasteiger partial charge in [0.05, 0.1) is 33.1 Å². The van der Waals surface area contributed by atoms with Crippen molar-refractivity contribution in [2.75, 3.05) is 0 Å². The molecular formula is C48H29N3S. The van der Waals surface area contributed by atoms with Gasteiger partial charge >= 0.3 is 0 Å². The molecule has 0 bridgehead atoms. The van der Waals surface area contributed by atoms with E-state index in [9.17, 15) is 0 Å². The van der Waals surface area contributed by atoms with Crippen molar-refractivity contribution in [3.63, 3.8) is 0 Å². The molecule has 3 nitrogen and oxygen atoms in total. The Kier molecular flexibility index (Phi) is 5.65. The first kappa shape index (κ1) is 28.1. The topological polar surface area (TPSA) is 14.8 Å². The molecule has 4 heteroatoms. The molecule has 4 aromatic heterocycles. The van der Waals surface area contributed by atoms with E-state index in [4.69, 9.17) is 0 Å². The van der Waals surface area contributed by atoms with Gasteiger partial charge in [-0.25, -0.2) is 0 Å². The quantitative estimate of drug-likeness (QED) is 0.177. The van der Waals surface area contributed by atoms with Crippen molar-refractivity contribution < 1.29 is 0 Å². The molecule has 0 saturated heterocycles. The predicted molar refractivity (Wildman–Crippen MR) is 222 cm³/mol. The van der Waals surface area contributed by atoms with E-state index in [1.165, 1.54) is 85.6 Å². The summed E-state index contributed by atoms with van der Waals surface area (Å²) in [5.41, 5.74) is 10.7. The second-order valence-corrected chi connectivity index (χ2v) is 14.8. The lowest BCUT2D eigenvalue weighted by Gasteiger charge is -2.13. The van der Waals surface area contributed by atoms with Gasteiger partial charge in [0, 0.05) is 69.6 Å². The Bertz CT molecular complexity index is 3410. The van der Waals surface area contributed by atoms with E-state index in [1.807, 2.05) is 11.3 Å². The van der Waals surface area contributed by atoms with Crippen LogP contribution in [0.2, 0.25) is 0 Å². The van der Waals surface area contributed by atoms with Crippen LogP contribution in [-0.2, 0) is 0 Å². The van der Waals surface area contributed by atoms with Crippen LogP contribution >= 0.6 is 11.3 Å². The minimum atomic E-state index is 1.14. The molecule has 0 saturated carbocycles. The SMILES string of the molecule is c1ccc(-n2c3ccccc3c3c2ccc2c4ccccc4n(-c4cccc(-n5c6ccccc6c6c7sc8ccccc8c7ccc65)c4)c23)cc1. The lowest BCUT2D eigenvalue weighted by Crippen LogP contribution is -1.99. The van der Waals surface area contributed by atoms with Crippen molar-refractivity contribution in [1.29, 1.82) is 0 Å². The number of aromatic nitrogens is 3. The summed E-state index contributed by atoms with van der Waals surface area (Å²) >= 11 is 1.90. The Labute approximate surface area is 302 Å². The van der Waals surface area contributed by atoms with Crippen LogP contribution < -0.4 is 0 Å². The molecule has 0 amide bonds. The number of benzene rings is 8. The number of fused-ring (bicyclic) bond motifs is 14. The third kappa shape index (κ3) is 3.69. The zero-order chi connectivity index (χ0) is 33.9. The van der Waals surface area contributed by atoms with Gasteiger partial charge in [-0.15, -0.1) is 11.3 Å². The smallest absolute Gasteiger partial charge is 0.0641 e. The number of hydrogen-bond donors (Lipinski definition) is 0. The van der Waals surface area contributed by atoms with E-state index < -0.39 is 0 Å². The second kappa shape index (κ2) is 10.5. The summed E-state index contributed by atoms with van der Waals surface area (Å²) in [5, 5.41) is 10.3. The van der Waals surface area contributed by atoms with Crippen LogP contribution in [0.4, 0.5) is 0 Å². The maximum Gasteiger partial charge on any atom is 0.0641 e. The molecule has 4 heterocycles. The van der Waals surface area contributed by atoms with E-state index in [0.29, 0.717) is 0 Å². The number of hydrogen-bond acceptors (Lipinski definition) is 1. The van der Waals surface area contributed by atoms with Crippen LogP contribution in [0.15, 0.2) is 176 Å². The standard InChI is InChI=1S/C48H29N3S/c1-2-13-30(14-3-1)49-40-22-9-5-19-37(40)45-42(49)27-25-35-33-17-4-8-21-39(33)51(47(35)45)32-16-12-15-31(29-32)50-41-23-10-6-20-38(41)46-43(50)28-26-36-34-18-7-11-24-44(34)52-48(36)46/h1-29H. The van der Waals surface area contributed by atoms with Gasteiger partial charge in [-0.05, 0) is 66.7 Å². The van der Waals surface area contributed by atoms with Gasteiger partial charge in [0.25, 0.3) is 0 Å². The van der Waals surface area contributed by atoms with Gasteiger partial charge in [0.1, 0.15) is 0 Å². The monoisotopic (exact) mass is 679 g/mol. The average Bonchev–Trinajstić information content (AvgIpc) is 3.94. The fraction of sp³-hybridized carbons (Fsp3) is 0. The first-order valence-electron chi connectivity index (χ1n) is 17.8. The van der Waals surface area contributed by atoms with Crippen LogP contribution in [0.5, 0.6) is 0 Å². The van der Waals surface area contributed by atoms with E-state index in [-0.39, 0.29) is 0 Å². The first-order chi connectivity index (χ1) is 25.8. The highest BCUT2D eigenvalue weighted by Crippen LogP contribution is 2.45. The maximum atomic E-state index is 2.50. The highest BCUT2D eigenvalue weighted by Gasteiger charge is 2.22. The van der Waals surface area contributed by atoms with Crippen molar-refractivity contribution in [2.24, 2.45) is 0 Å². The number of thiophene rings is 1. The molecule has 0 atom stereocenters. The van der Waals surface area contributed by atoms with Crippen LogP contribution in [-0.4, -0.2) is 13.7 Å². The second-order valence-electron chi connectivity index (χ2n) is 13.7. The molecule has 0 unspecified atom stereocenters. The summed E-state index contributed by atoms with van der Waals surface area (Å²) in [6.45, 7) is 0. The molecule has 0 N–H and O–H groups in total. The molecule has 0 aliphatic carbocycles. The zero-order valence-electron chi connectivity index (χ0n) is 28.0. The fourth-order valence-electron chi connectivity index (χ4n) is 8.92. The molecule has 8 aromatic carbocycles. The van der Waals surface area contributed by atoms with E-state index in [1.54, 1.807) is 0 Å². The van der Waals surface area contributed by atoms with E-state index in [2.05, 4.69) is 190 Å². The Morgan fingerprint density at radius 2 is 0.827 bits per heavy atom. The molecule has 52 heavy (non-hydrogen) atoms. The average molecular weight is 680 g/mol. The molecule has 0 aliphatic heterocycles. The van der Waals surface area contributed by atoms with Crippen molar-refractivity contribution in [3.05, 3.63) is 176 Å². The van der Waals surface area contributed by atoms with Gasteiger partial charge in [-0.3, -0.25) is 0 Å². The van der Waals surface area contributed by atoms with Crippen molar-refractivity contribution in [2.45, 2.75) is 0 Å². The predicted octanol–water partition coefficient (Wildman–Crippen LogP) is 13.3. The van der Waals surface area contributed by atoms with Crippen molar-refractivity contribution in [1.82, 2.24) is 13.7 Å². The van der Waals surface area contributed by atoms with Gasteiger partial charge in [0.15, 0.2) is 0 Å². The lowest BCUT2D eigenvalue weighted by molar-refractivity contribution is 1.14. The number of nitrogens with zero attached hydrogens (tertiary/aromatic N) is 3. The number of para-hydroxylation sites is 4. The Balaban J connectivity index is 1.18. The van der Waals surface area contributed by atoms with Gasteiger partial charge in [-0.2, -0.15) is 0 Å². The first-order valence-corrected chi connectivity index (χ1v) is 18.6. The van der Waals surface area contributed by atoms with Crippen molar-refractivity contribution in [3.8, 4) is 17.1 Å². The molecule has 242 valence electrons. The lowest BCUT2D eigenvalue weighted by atomic mass is 10.1. The zero-order valence-corrected chi connectivity index (χ0v) is 28.8. The molecule has 0 aliphatic rings. The minimum Gasteiger partial charge on any atom is -0.309 e. The Morgan fingerprint density at radius 1 is 0.308 bits per heavy atom. The van der Waals surface area contributed by atoms with Crippen LogP contribution in [0, 0.1) is 0 Å². The highest BCUT2D eigenvalue weighted by molar-refractivity contribution is 7.26. The molecule has 12 rings (SSSR count). The van der Waals surface area contributed by atoms with Gasteiger partial charge in [-0.1, -0.05) is 109 Å². The molecule has 0 spiro atoms. The third-order valence-electron chi connectivity index (χ3n) is 11.0. The fourth-order valence-corrected chi connectivity index (χ4v) is 10.2. The molecular weight excluding hydrogens is 651 g/mol. The van der Waals surface area contributed by atoms with Crippen LogP contribution in [0.25, 0.3) is 103 Å². The third-order valence-corrected chi connectivity index (χ3v) is 12.2. The Morgan fingerprint density at radius 3 is 1.58 bits per heavy atom. The summed E-state index contributed by atoms with van der Waals surface area (Å²) < 4.78 is 10.0. The summed E-state index contributed by atoms with van der Waals surface area (Å²) in [5.74, 6) is 0. The largest absolute Gasteiger partial charge is 0.309 e. The van der Waals surface area contributed by atoms with Gasteiger partial charge in [0.2, 0.25) is 0 Å². The van der Waals surface area contributed by atoms with Gasteiger partial charge < -0.3 is 13.7 Å². The van der Waals surface area contributed by atoms with E-state index in [0.717, 1.165) is 17.1 Å². The highest BCUT2D eigenvalue weighted by atomic mass is 32.1. The summed E-state index contributed by atoms with van der Waals surface area (Å²) in [6, 6.07) is 64.5. The Hall–Kier alpha value is -6.62. The van der Waals surface area contributed by atoms with Crippen LogP contribution in [0.3, 0.4) is 0 Å². The molecule has 0 fully saturated rings. The number of rotatable bonds is 3.